The maximum atomic E-state index is 12.2. The zero-order chi connectivity index (χ0) is 17.5. The molecule has 130 valence electrons. The Balaban J connectivity index is 2.16. The van der Waals surface area contributed by atoms with Crippen LogP contribution in [0.4, 0.5) is 5.69 Å². The Morgan fingerprint density at radius 2 is 1.71 bits per heavy atom. The zero-order valence-electron chi connectivity index (χ0n) is 13.7. The molecule has 3 N–H and O–H groups in total. The Morgan fingerprint density at radius 1 is 1.08 bits per heavy atom. The maximum Gasteiger partial charge on any atom is 0.275 e. The van der Waals surface area contributed by atoms with Crippen molar-refractivity contribution in [2.75, 3.05) is 44.4 Å². The number of hydrazone groups is 1. The summed E-state index contributed by atoms with van der Waals surface area (Å²) in [5.41, 5.74) is 2.89. The lowest BCUT2D eigenvalue weighted by Crippen LogP contribution is -2.29. The number of rotatable bonds is 8. The molecule has 1 heterocycles. The number of benzene rings is 1. The van der Waals surface area contributed by atoms with Crippen LogP contribution in [0, 0.1) is 0 Å². The van der Waals surface area contributed by atoms with Crippen LogP contribution in [0.2, 0.25) is 0 Å². The maximum absolute atomic E-state index is 12.2. The highest BCUT2D eigenvalue weighted by Gasteiger charge is 2.26. The number of hydrogen-bond acceptors (Lipinski definition) is 6. The number of anilines is 1. The summed E-state index contributed by atoms with van der Waals surface area (Å²) in [4.78, 5) is 14.1. The fraction of sp³-hybridized carbons (Fsp3) is 0.412. The minimum Gasteiger partial charge on any atom is -0.395 e. The molecule has 7 heteroatoms. The van der Waals surface area contributed by atoms with Gasteiger partial charge in [-0.1, -0.05) is 12.1 Å². The first kappa shape index (κ1) is 18.1. The van der Waals surface area contributed by atoms with Crippen LogP contribution in [0.1, 0.15) is 12.5 Å². The Labute approximate surface area is 141 Å². The highest BCUT2D eigenvalue weighted by Crippen LogP contribution is 2.20. The van der Waals surface area contributed by atoms with Crippen molar-refractivity contribution in [2.45, 2.75) is 6.92 Å². The number of carbonyl (C=O) groups is 1. The second kappa shape index (κ2) is 8.58. The lowest BCUT2D eigenvalue weighted by Gasteiger charge is -2.22. The molecule has 7 nitrogen and oxygen atoms in total. The Kier molecular flexibility index (Phi) is 6.48. The van der Waals surface area contributed by atoms with Gasteiger partial charge in [-0.2, -0.15) is 5.10 Å². The van der Waals surface area contributed by atoms with Crippen molar-refractivity contribution in [1.29, 1.82) is 0 Å². The molecular weight excluding hydrogens is 310 g/mol. The summed E-state index contributed by atoms with van der Waals surface area (Å²) in [7, 11) is 0. The van der Waals surface area contributed by atoms with E-state index in [-0.39, 0.29) is 32.3 Å². The number of amides is 1. The quantitative estimate of drug-likeness (QED) is 0.585. The molecule has 0 aromatic heterocycles. The Morgan fingerprint density at radius 3 is 2.25 bits per heavy atom. The largest absolute Gasteiger partial charge is 0.395 e. The van der Waals surface area contributed by atoms with Gasteiger partial charge >= 0.3 is 0 Å². The number of aliphatic hydroxyl groups excluding tert-OH is 3. The molecule has 0 bridgehead atoms. The molecule has 0 saturated carbocycles. The molecule has 1 amide bonds. The van der Waals surface area contributed by atoms with Crippen LogP contribution in [0.25, 0.3) is 6.08 Å². The van der Waals surface area contributed by atoms with E-state index in [0.29, 0.717) is 24.4 Å². The molecule has 0 fully saturated rings. The van der Waals surface area contributed by atoms with Gasteiger partial charge in [-0.15, -0.1) is 0 Å². The van der Waals surface area contributed by atoms with Gasteiger partial charge in [0.2, 0.25) is 0 Å². The van der Waals surface area contributed by atoms with Gasteiger partial charge in [-0.3, -0.25) is 4.79 Å². The van der Waals surface area contributed by atoms with E-state index in [1.54, 1.807) is 13.0 Å². The van der Waals surface area contributed by atoms with Crippen LogP contribution in [0.15, 0.2) is 34.9 Å². The van der Waals surface area contributed by atoms with Gasteiger partial charge in [0.05, 0.1) is 37.7 Å². The van der Waals surface area contributed by atoms with E-state index in [2.05, 4.69) is 5.10 Å². The minimum absolute atomic E-state index is 0.0106. The summed E-state index contributed by atoms with van der Waals surface area (Å²) >= 11 is 0. The molecule has 24 heavy (non-hydrogen) atoms. The summed E-state index contributed by atoms with van der Waals surface area (Å²) in [5.74, 6) is -0.215. The van der Waals surface area contributed by atoms with Crippen LogP contribution in [-0.2, 0) is 4.79 Å². The van der Waals surface area contributed by atoms with Crippen molar-refractivity contribution in [3.05, 3.63) is 35.4 Å². The lowest BCUT2D eigenvalue weighted by atomic mass is 10.1. The second-order valence-corrected chi connectivity index (χ2v) is 5.42. The van der Waals surface area contributed by atoms with Gasteiger partial charge in [0.1, 0.15) is 0 Å². The van der Waals surface area contributed by atoms with Crippen LogP contribution in [-0.4, -0.2) is 71.4 Å². The van der Waals surface area contributed by atoms with Crippen LogP contribution >= 0.6 is 0 Å². The van der Waals surface area contributed by atoms with Gasteiger partial charge in [0.25, 0.3) is 5.91 Å². The number of aliphatic hydroxyl groups is 3. The average molecular weight is 333 g/mol. The summed E-state index contributed by atoms with van der Waals surface area (Å²) in [6, 6.07) is 7.52. The Hall–Kier alpha value is -2.22. The summed E-state index contributed by atoms with van der Waals surface area (Å²) < 4.78 is 0. The van der Waals surface area contributed by atoms with E-state index in [0.717, 1.165) is 11.3 Å². The molecule has 0 saturated heterocycles. The smallest absolute Gasteiger partial charge is 0.275 e. The first-order valence-electron chi connectivity index (χ1n) is 7.87. The summed E-state index contributed by atoms with van der Waals surface area (Å²) in [6.07, 6.45) is 1.77. The van der Waals surface area contributed by atoms with Gasteiger partial charge < -0.3 is 20.2 Å². The normalized spacial score (nSPS) is 16.0. The van der Waals surface area contributed by atoms with E-state index in [9.17, 15) is 4.79 Å². The molecule has 0 spiro atoms. The van der Waals surface area contributed by atoms with E-state index < -0.39 is 0 Å². The van der Waals surface area contributed by atoms with E-state index in [1.165, 1.54) is 5.01 Å². The number of hydrogen-bond donors (Lipinski definition) is 3. The summed E-state index contributed by atoms with van der Waals surface area (Å²) in [6.45, 7) is 2.73. The first-order chi connectivity index (χ1) is 11.6. The van der Waals surface area contributed by atoms with E-state index in [1.807, 2.05) is 29.2 Å². The summed E-state index contributed by atoms with van der Waals surface area (Å²) in [5, 5.41) is 32.5. The molecule has 1 aromatic rings. The molecule has 1 aromatic carbocycles. The standard InChI is InChI=1S/C17H23N3O4/c1-13-16(17(24)20(18-13)8-11-23)12-14-2-4-15(5-3-14)19(6-9-21)7-10-22/h2-5,12,21-23H,6-11H2,1H3/b16-12+. The van der Waals surface area contributed by atoms with Crippen molar-refractivity contribution in [2.24, 2.45) is 5.10 Å². The van der Waals surface area contributed by atoms with Gasteiger partial charge in [-0.05, 0) is 30.7 Å². The van der Waals surface area contributed by atoms with Crippen molar-refractivity contribution in [3.8, 4) is 0 Å². The van der Waals surface area contributed by atoms with E-state index >= 15 is 0 Å². The van der Waals surface area contributed by atoms with Crippen LogP contribution < -0.4 is 4.90 Å². The molecule has 0 unspecified atom stereocenters. The third-order valence-corrected chi connectivity index (χ3v) is 3.75. The third-order valence-electron chi connectivity index (χ3n) is 3.75. The predicted octanol–water partition coefficient (Wildman–Crippen LogP) is 0.0714. The molecular formula is C17H23N3O4. The Bertz CT molecular complexity index is 619. The van der Waals surface area contributed by atoms with Crippen molar-refractivity contribution in [3.63, 3.8) is 0 Å². The predicted molar refractivity (Wildman–Crippen MR) is 92.7 cm³/mol. The monoisotopic (exact) mass is 333 g/mol. The fourth-order valence-corrected chi connectivity index (χ4v) is 2.55. The van der Waals surface area contributed by atoms with Gasteiger partial charge in [0, 0.05) is 18.8 Å². The molecule has 0 aliphatic carbocycles. The highest BCUT2D eigenvalue weighted by atomic mass is 16.3. The minimum atomic E-state index is -0.215. The number of nitrogens with zero attached hydrogens (tertiary/aromatic N) is 3. The zero-order valence-corrected chi connectivity index (χ0v) is 13.7. The van der Waals surface area contributed by atoms with Gasteiger partial charge in [0.15, 0.2) is 0 Å². The molecule has 1 aliphatic rings. The molecule has 1 aliphatic heterocycles. The molecule has 0 atom stereocenters. The average Bonchev–Trinajstić information content (AvgIpc) is 2.83. The van der Waals surface area contributed by atoms with E-state index in [4.69, 9.17) is 15.3 Å². The number of carbonyl (C=O) groups excluding carboxylic acids is 1. The second-order valence-electron chi connectivity index (χ2n) is 5.42. The van der Waals surface area contributed by atoms with Gasteiger partial charge in [-0.25, -0.2) is 5.01 Å². The molecule has 2 rings (SSSR count). The fourth-order valence-electron chi connectivity index (χ4n) is 2.55. The topological polar surface area (TPSA) is 96.6 Å². The van der Waals surface area contributed by atoms with Crippen LogP contribution in [0.5, 0.6) is 0 Å². The lowest BCUT2D eigenvalue weighted by molar-refractivity contribution is -0.126. The molecule has 0 radical (unpaired) electrons. The SMILES string of the molecule is CC1=NN(CCO)C(=O)/C1=C/c1ccc(N(CCO)CCO)cc1. The first-order valence-corrected chi connectivity index (χ1v) is 7.87. The van der Waals surface area contributed by atoms with Crippen molar-refractivity contribution < 1.29 is 20.1 Å². The van der Waals surface area contributed by atoms with Crippen LogP contribution in [0.3, 0.4) is 0 Å². The van der Waals surface area contributed by atoms with Crippen molar-refractivity contribution in [1.82, 2.24) is 5.01 Å². The third kappa shape index (κ3) is 4.19. The van der Waals surface area contributed by atoms with Crippen molar-refractivity contribution >= 4 is 23.4 Å². The number of β-amino-alcohol motifs (C(OH)–C–C–N with tert-alkyl or cyclic N) is 1. The highest BCUT2D eigenvalue weighted by molar-refractivity contribution is 6.26.